The van der Waals surface area contributed by atoms with E-state index >= 15 is 0 Å². The topological polar surface area (TPSA) is 83.4 Å². The number of nitrogens with zero attached hydrogens (tertiary/aromatic N) is 1. The summed E-state index contributed by atoms with van der Waals surface area (Å²) in [5, 5.41) is 15.7. The van der Waals surface area contributed by atoms with Gasteiger partial charge in [-0.1, -0.05) is 12.1 Å². The van der Waals surface area contributed by atoms with Gasteiger partial charge in [-0.05, 0) is 48.6 Å². The fraction of sp³-hybridized carbons (Fsp3) is 0.200. The van der Waals surface area contributed by atoms with E-state index in [2.05, 4.69) is 5.32 Å². The Labute approximate surface area is 161 Å². The number of rotatable bonds is 8. The first-order valence-corrected chi connectivity index (χ1v) is 9.31. The molecule has 0 aliphatic rings. The average Bonchev–Trinajstić information content (AvgIpc) is 3.30. The third-order valence-corrected chi connectivity index (χ3v) is 4.98. The van der Waals surface area contributed by atoms with E-state index in [1.165, 1.54) is 0 Å². The van der Waals surface area contributed by atoms with Gasteiger partial charge in [0, 0.05) is 23.4 Å². The molecule has 0 saturated heterocycles. The Balaban J connectivity index is 1.81. The molecule has 2 heterocycles. The van der Waals surface area contributed by atoms with E-state index in [1.807, 2.05) is 34.2 Å². The molecule has 0 unspecified atom stereocenters. The second-order valence-corrected chi connectivity index (χ2v) is 6.87. The number of nitrogens with one attached hydrogen (secondary N) is 1. The molecule has 1 aromatic carbocycles. The number of carboxylic acids is 1. The Bertz CT molecular complexity index is 931. The van der Waals surface area contributed by atoms with Crippen LogP contribution in [0.1, 0.15) is 12.1 Å². The van der Waals surface area contributed by atoms with Crippen LogP contribution in [0.5, 0.6) is 5.75 Å². The van der Waals surface area contributed by atoms with Crippen LogP contribution in [0.2, 0.25) is 0 Å². The molecule has 1 amide bonds. The minimum Gasteiger partial charge on any atom is -0.550 e. The predicted octanol–water partition coefficient (Wildman–Crippen LogP) is 2.55. The van der Waals surface area contributed by atoms with Crippen LogP contribution in [0, 0.1) is 0 Å². The number of hydrogen-bond donors (Lipinski definition) is 1. The second kappa shape index (κ2) is 8.55. The molecule has 1 N–H and O–H groups in total. The van der Waals surface area contributed by atoms with Crippen molar-refractivity contribution in [2.75, 3.05) is 12.4 Å². The number of carbonyl (C=O) groups excluding carboxylic acids is 2. The van der Waals surface area contributed by atoms with Crippen LogP contribution in [0.3, 0.4) is 0 Å². The maximum atomic E-state index is 12.6. The molecule has 0 bridgehead atoms. The van der Waals surface area contributed by atoms with Crippen molar-refractivity contribution in [2.45, 2.75) is 19.4 Å². The number of anilines is 1. The molecular weight excluding hydrogens is 364 g/mol. The zero-order valence-corrected chi connectivity index (χ0v) is 15.6. The fourth-order valence-corrected chi connectivity index (χ4v) is 3.59. The molecule has 2 aromatic heterocycles. The quantitative estimate of drug-likeness (QED) is 0.648. The summed E-state index contributed by atoms with van der Waals surface area (Å²) in [6.45, 7) is 0.0832. The Morgan fingerprint density at radius 1 is 1.19 bits per heavy atom. The first-order valence-electron chi connectivity index (χ1n) is 8.43. The standard InChI is InChI=1S/C20H20N2O4S/c1-26-16-5-2-4-14(12-16)21-19(23)13-22-15(8-10-20(24)25)7-9-17(22)18-6-3-11-27-18/h2-7,9,11-12H,8,10,13H2,1H3,(H,21,23)(H,24,25)/p-1. The van der Waals surface area contributed by atoms with Gasteiger partial charge >= 0.3 is 0 Å². The number of carboxylic acid groups (broad SMARTS) is 1. The van der Waals surface area contributed by atoms with Crippen molar-refractivity contribution in [3.63, 3.8) is 0 Å². The number of ether oxygens (including phenoxy) is 1. The summed E-state index contributed by atoms with van der Waals surface area (Å²) in [6.07, 6.45) is 0.214. The molecule has 0 fully saturated rings. The van der Waals surface area contributed by atoms with Gasteiger partial charge in [0.15, 0.2) is 0 Å². The van der Waals surface area contributed by atoms with E-state index < -0.39 is 5.97 Å². The molecule has 7 heteroatoms. The van der Waals surface area contributed by atoms with Gasteiger partial charge in [0.2, 0.25) is 5.91 Å². The number of amides is 1. The van der Waals surface area contributed by atoms with Gasteiger partial charge < -0.3 is 24.5 Å². The van der Waals surface area contributed by atoms with Crippen LogP contribution in [0.15, 0.2) is 53.9 Å². The highest BCUT2D eigenvalue weighted by Gasteiger charge is 2.14. The summed E-state index contributed by atoms with van der Waals surface area (Å²) in [5.74, 6) is -0.657. The fourth-order valence-electron chi connectivity index (χ4n) is 2.83. The van der Waals surface area contributed by atoms with Gasteiger partial charge in [0.25, 0.3) is 0 Å². The maximum absolute atomic E-state index is 12.6. The number of hydrogen-bond acceptors (Lipinski definition) is 5. The normalized spacial score (nSPS) is 10.6. The summed E-state index contributed by atoms with van der Waals surface area (Å²) in [6, 6.07) is 14.8. The van der Waals surface area contributed by atoms with Gasteiger partial charge in [-0.2, -0.15) is 0 Å². The molecule has 3 rings (SSSR count). The minimum atomic E-state index is -1.11. The van der Waals surface area contributed by atoms with E-state index in [-0.39, 0.29) is 18.9 Å². The number of aliphatic carboxylic acids is 1. The van der Waals surface area contributed by atoms with Crippen LogP contribution in [-0.2, 0) is 22.6 Å². The summed E-state index contributed by atoms with van der Waals surface area (Å²) in [5.41, 5.74) is 2.31. The van der Waals surface area contributed by atoms with Gasteiger partial charge in [0.1, 0.15) is 12.3 Å². The smallest absolute Gasteiger partial charge is 0.244 e. The Morgan fingerprint density at radius 3 is 2.74 bits per heavy atom. The number of benzene rings is 1. The van der Waals surface area contributed by atoms with Crippen LogP contribution in [0.4, 0.5) is 5.69 Å². The van der Waals surface area contributed by atoms with E-state index in [1.54, 1.807) is 42.7 Å². The van der Waals surface area contributed by atoms with E-state index in [0.29, 0.717) is 17.9 Å². The largest absolute Gasteiger partial charge is 0.550 e. The van der Waals surface area contributed by atoms with Gasteiger partial charge in [-0.3, -0.25) is 4.79 Å². The molecule has 0 aliphatic heterocycles. The second-order valence-electron chi connectivity index (χ2n) is 5.93. The Hall–Kier alpha value is -3.06. The van der Waals surface area contributed by atoms with Crippen molar-refractivity contribution in [3.05, 3.63) is 59.6 Å². The SMILES string of the molecule is COc1cccc(NC(=O)Cn2c(CCC(=O)[O-])ccc2-c2cccs2)c1. The molecule has 0 spiro atoms. The summed E-state index contributed by atoms with van der Waals surface area (Å²) in [7, 11) is 1.57. The van der Waals surface area contributed by atoms with E-state index in [0.717, 1.165) is 16.3 Å². The summed E-state index contributed by atoms with van der Waals surface area (Å²) < 4.78 is 7.02. The first-order chi connectivity index (χ1) is 13.1. The number of aryl methyl sites for hydroxylation is 1. The zero-order chi connectivity index (χ0) is 19.2. The van der Waals surface area contributed by atoms with Crippen molar-refractivity contribution >= 4 is 28.9 Å². The maximum Gasteiger partial charge on any atom is 0.244 e. The average molecular weight is 383 g/mol. The molecule has 3 aromatic rings. The molecule has 0 saturated carbocycles. The molecule has 0 radical (unpaired) electrons. The lowest BCUT2D eigenvalue weighted by Crippen LogP contribution is -2.24. The zero-order valence-electron chi connectivity index (χ0n) is 14.8. The van der Waals surface area contributed by atoms with Crippen LogP contribution < -0.4 is 15.2 Å². The van der Waals surface area contributed by atoms with Crippen molar-refractivity contribution in [1.29, 1.82) is 0 Å². The minimum absolute atomic E-state index is 0.0832. The lowest BCUT2D eigenvalue weighted by atomic mass is 10.2. The highest BCUT2D eigenvalue weighted by Crippen LogP contribution is 2.28. The van der Waals surface area contributed by atoms with Gasteiger partial charge in [0.05, 0.1) is 17.7 Å². The van der Waals surface area contributed by atoms with E-state index in [9.17, 15) is 14.7 Å². The van der Waals surface area contributed by atoms with Gasteiger partial charge in [-0.15, -0.1) is 11.3 Å². The predicted molar refractivity (Wildman–Crippen MR) is 103 cm³/mol. The van der Waals surface area contributed by atoms with Crippen LogP contribution in [-0.4, -0.2) is 23.6 Å². The van der Waals surface area contributed by atoms with Crippen molar-refractivity contribution in [2.24, 2.45) is 0 Å². The molecule has 6 nitrogen and oxygen atoms in total. The number of methoxy groups -OCH3 is 1. The summed E-state index contributed by atoms with van der Waals surface area (Å²) >= 11 is 1.57. The molecule has 27 heavy (non-hydrogen) atoms. The van der Waals surface area contributed by atoms with Crippen LogP contribution in [0.25, 0.3) is 10.6 Å². The monoisotopic (exact) mass is 383 g/mol. The molecule has 0 atom stereocenters. The lowest BCUT2D eigenvalue weighted by Gasteiger charge is -2.14. The van der Waals surface area contributed by atoms with Crippen molar-refractivity contribution in [3.8, 4) is 16.3 Å². The van der Waals surface area contributed by atoms with Gasteiger partial charge in [-0.25, -0.2) is 0 Å². The highest BCUT2D eigenvalue weighted by molar-refractivity contribution is 7.13. The van der Waals surface area contributed by atoms with E-state index in [4.69, 9.17) is 4.74 Å². The molecular formula is C20H19N2O4S-. The number of aromatic nitrogens is 1. The molecule has 0 aliphatic carbocycles. The number of carbonyl (C=O) groups is 2. The third kappa shape index (κ3) is 4.77. The Kier molecular flexibility index (Phi) is 5.93. The van der Waals surface area contributed by atoms with Crippen LogP contribution >= 0.6 is 11.3 Å². The Morgan fingerprint density at radius 2 is 2.04 bits per heavy atom. The van der Waals surface area contributed by atoms with Crippen molar-refractivity contribution in [1.82, 2.24) is 4.57 Å². The number of thiophene rings is 1. The summed E-state index contributed by atoms with van der Waals surface area (Å²) in [4.78, 5) is 24.4. The third-order valence-electron chi connectivity index (χ3n) is 4.09. The van der Waals surface area contributed by atoms with Crippen molar-refractivity contribution < 1.29 is 19.4 Å². The highest BCUT2D eigenvalue weighted by atomic mass is 32.1. The molecule has 140 valence electrons. The lowest BCUT2D eigenvalue weighted by molar-refractivity contribution is -0.305. The first kappa shape index (κ1) is 18.7.